The summed E-state index contributed by atoms with van der Waals surface area (Å²) in [7, 11) is 6.07. The van der Waals surface area contributed by atoms with E-state index in [4.69, 9.17) is 0 Å². The molecule has 2 nitrogen and oxygen atoms in total. The second-order valence-electron chi connectivity index (χ2n) is 7.89. The van der Waals surface area contributed by atoms with Gasteiger partial charge >= 0.3 is 0 Å². The van der Waals surface area contributed by atoms with Crippen LogP contribution >= 0.6 is 7.92 Å². The van der Waals surface area contributed by atoms with E-state index in [2.05, 4.69) is 117 Å². The Kier molecular flexibility index (Phi) is 7.62. The largest absolute Gasteiger partial charge is 0.309 e. The van der Waals surface area contributed by atoms with Crippen molar-refractivity contribution in [1.29, 1.82) is 0 Å². The minimum absolute atomic E-state index is 0.468. The molecular formula is C25H33N2P. The summed E-state index contributed by atoms with van der Waals surface area (Å²) in [6.45, 7) is 4.65. The maximum atomic E-state index is 2.53. The highest BCUT2D eigenvalue weighted by Gasteiger charge is 2.31. The van der Waals surface area contributed by atoms with E-state index < -0.39 is 7.92 Å². The summed E-state index contributed by atoms with van der Waals surface area (Å²) in [5.41, 5.74) is 0. The van der Waals surface area contributed by atoms with Crippen LogP contribution in [0.4, 0.5) is 0 Å². The Labute approximate surface area is 172 Å². The van der Waals surface area contributed by atoms with E-state index in [0.29, 0.717) is 12.0 Å². The van der Waals surface area contributed by atoms with Crippen LogP contribution in [0.15, 0.2) is 84.2 Å². The maximum absolute atomic E-state index is 2.53. The highest BCUT2D eigenvalue weighted by molar-refractivity contribution is 7.76. The first kappa shape index (κ1) is 21.0. The molecule has 148 valence electrons. The van der Waals surface area contributed by atoms with Crippen LogP contribution in [0.25, 0.3) is 0 Å². The Morgan fingerprint density at radius 3 is 1.96 bits per heavy atom. The fraction of sp³-hybridized carbons (Fsp3) is 0.360. The fourth-order valence-electron chi connectivity index (χ4n) is 3.83. The molecule has 28 heavy (non-hydrogen) atoms. The van der Waals surface area contributed by atoms with Crippen LogP contribution in [0.5, 0.6) is 0 Å². The van der Waals surface area contributed by atoms with E-state index in [9.17, 15) is 0 Å². The van der Waals surface area contributed by atoms with Crippen molar-refractivity contribution in [2.75, 3.05) is 34.2 Å². The number of benzene rings is 2. The minimum atomic E-state index is -0.508. The summed E-state index contributed by atoms with van der Waals surface area (Å²) in [6, 6.07) is 22.6. The topological polar surface area (TPSA) is 6.48 Å². The Morgan fingerprint density at radius 2 is 1.43 bits per heavy atom. The molecule has 0 spiro atoms. The van der Waals surface area contributed by atoms with Gasteiger partial charge in [-0.2, -0.15) is 0 Å². The van der Waals surface area contributed by atoms with Crippen LogP contribution in [0.2, 0.25) is 0 Å². The zero-order valence-corrected chi connectivity index (χ0v) is 18.5. The van der Waals surface area contributed by atoms with Crippen molar-refractivity contribution in [1.82, 2.24) is 9.80 Å². The molecule has 0 saturated carbocycles. The first-order chi connectivity index (χ1) is 13.6. The third-order valence-electron chi connectivity index (χ3n) is 5.55. The van der Waals surface area contributed by atoms with Gasteiger partial charge in [-0.1, -0.05) is 78.9 Å². The summed E-state index contributed by atoms with van der Waals surface area (Å²) < 4.78 is 0. The molecule has 0 N–H and O–H groups in total. The van der Waals surface area contributed by atoms with Crippen LogP contribution in [0.3, 0.4) is 0 Å². The van der Waals surface area contributed by atoms with Gasteiger partial charge in [0.2, 0.25) is 0 Å². The second-order valence-corrected chi connectivity index (χ2v) is 10.1. The molecule has 3 heteroatoms. The molecule has 1 aliphatic rings. The first-order valence-corrected chi connectivity index (χ1v) is 11.6. The molecule has 0 radical (unpaired) electrons. The first-order valence-electron chi connectivity index (χ1n) is 10.2. The van der Waals surface area contributed by atoms with Crippen LogP contribution < -0.4 is 10.6 Å². The summed E-state index contributed by atoms with van der Waals surface area (Å²) in [4.78, 5) is 4.80. The van der Waals surface area contributed by atoms with Crippen LogP contribution in [-0.4, -0.2) is 50.1 Å². The van der Waals surface area contributed by atoms with Gasteiger partial charge in [-0.15, -0.1) is 0 Å². The van der Waals surface area contributed by atoms with E-state index >= 15 is 0 Å². The lowest BCUT2D eigenvalue weighted by Gasteiger charge is -2.34. The van der Waals surface area contributed by atoms with Crippen LogP contribution in [-0.2, 0) is 0 Å². The Bertz CT molecular complexity index is 743. The third kappa shape index (κ3) is 5.20. The van der Waals surface area contributed by atoms with Crippen molar-refractivity contribution >= 4 is 18.5 Å². The fourth-order valence-corrected chi connectivity index (χ4v) is 6.50. The molecule has 3 rings (SSSR count). The lowest BCUT2D eigenvalue weighted by molar-refractivity contribution is 0.219. The average molecular weight is 393 g/mol. The molecule has 0 heterocycles. The summed E-state index contributed by atoms with van der Waals surface area (Å²) in [5.74, 6) is 0.468. The van der Waals surface area contributed by atoms with Crippen molar-refractivity contribution in [3.05, 3.63) is 84.2 Å². The van der Waals surface area contributed by atoms with Gasteiger partial charge in [0.05, 0.1) is 0 Å². The zero-order chi connectivity index (χ0) is 19.9. The molecule has 1 unspecified atom stereocenters. The lowest BCUT2D eigenvalue weighted by Crippen LogP contribution is -2.37. The second kappa shape index (κ2) is 10.2. The lowest BCUT2D eigenvalue weighted by atomic mass is 10.0. The minimum Gasteiger partial charge on any atom is -0.309 e. The van der Waals surface area contributed by atoms with Crippen molar-refractivity contribution in [3.63, 3.8) is 0 Å². The molecule has 0 aliphatic heterocycles. The number of allylic oxidation sites excluding steroid dienone is 2. The molecule has 0 amide bonds. The number of nitrogens with zero attached hydrogens (tertiary/aromatic N) is 2. The molecule has 2 aromatic rings. The smallest absolute Gasteiger partial charge is 0.0185 e. The van der Waals surface area contributed by atoms with Crippen LogP contribution in [0, 0.1) is 5.92 Å². The van der Waals surface area contributed by atoms with Crippen molar-refractivity contribution in [3.8, 4) is 0 Å². The normalized spacial score (nSPS) is 17.5. The van der Waals surface area contributed by atoms with Gasteiger partial charge in [0.1, 0.15) is 0 Å². The summed E-state index contributed by atoms with van der Waals surface area (Å²) in [6.07, 6.45) is 8.25. The average Bonchev–Trinajstić information content (AvgIpc) is 3.18. The van der Waals surface area contributed by atoms with Gasteiger partial charge in [-0.25, -0.2) is 0 Å². The quantitative estimate of drug-likeness (QED) is 0.582. The molecule has 1 aliphatic carbocycles. The monoisotopic (exact) mass is 392 g/mol. The zero-order valence-electron chi connectivity index (χ0n) is 17.6. The third-order valence-corrected chi connectivity index (χ3v) is 8.14. The number of hydrogen-bond acceptors (Lipinski definition) is 2. The Morgan fingerprint density at radius 1 is 0.857 bits per heavy atom. The molecule has 0 bridgehead atoms. The molecule has 2 atom stereocenters. The van der Waals surface area contributed by atoms with Crippen LogP contribution in [0.1, 0.15) is 13.3 Å². The van der Waals surface area contributed by atoms with Gasteiger partial charge < -0.3 is 9.80 Å². The number of rotatable bonds is 9. The standard InChI is InChI=1S/C25H33N2P/c1-21(27(4)20-12-19-26(2)3)24-17-11-18-25(24)28(22-13-7-5-8-14-22)23-15-9-6-10-16-23/h5-11,13-18,21,24H,12,19-20H2,1-4H3/t21-,24?/m0/s1. The van der Waals surface area contributed by atoms with E-state index in [1.54, 1.807) is 5.31 Å². The SMILES string of the molecule is C[C@@H](C1C=CC=C1P(c1ccccc1)c1ccccc1)N(C)CCCN(C)C. The maximum Gasteiger partial charge on any atom is 0.0185 e. The molecule has 2 aromatic carbocycles. The Balaban J connectivity index is 1.82. The number of hydrogen-bond donors (Lipinski definition) is 0. The summed E-state index contributed by atoms with van der Waals surface area (Å²) >= 11 is 0. The Hall–Kier alpha value is -1.73. The van der Waals surface area contributed by atoms with E-state index in [-0.39, 0.29) is 0 Å². The molecule has 0 aromatic heterocycles. The van der Waals surface area contributed by atoms with E-state index in [0.717, 1.165) is 13.1 Å². The highest BCUT2D eigenvalue weighted by Crippen LogP contribution is 2.50. The highest BCUT2D eigenvalue weighted by atomic mass is 31.1. The summed E-state index contributed by atoms with van der Waals surface area (Å²) in [5, 5.41) is 4.44. The molecule has 0 fully saturated rings. The van der Waals surface area contributed by atoms with Gasteiger partial charge in [0, 0.05) is 12.0 Å². The van der Waals surface area contributed by atoms with Gasteiger partial charge in [0.25, 0.3) is 0 Å². The van der Waals surface area contributed by atoms with Crippen molar-refractivity contribution in [2.24, 2.45) is 5.92 Å². The molecular weight excluding hydrogens is 359 g/mol. The van der Waals surface area contributed by atoms with Gasteiger partial charge in [-0.3, -0.25) is 0 Å². The van der Waals surface area contributed by atoms with Gasteiger partial charge in [0.15, 0.2) is 0 Å². The predicted molar refractivity (Wildman–Crippen MR) is 125 cm³/mol. The predicted octanol–water partition coefficient (Wildman–Crippen LogP) is 4.46. The van der Waals surface area contributed by atoms with E-state index in [1.807, 2.05) is 0 Å². The van der Waals surface area contributed by atoms with Crippen molar-refractivity contribution in [2.45, 2.75) is 19.4 Å². The van der Waals surface area contributed by atoms with Crippen molar-refractivity contribution < 1.29 is 0 Å². The van der Waals surface area contributed by atoms with Gasteiger partial charge in [-0.05, 0) is 71.4 Å². The van der Waals surface area contributed by atoms with E-state index in [1.165, 1.54) is 17.0 Å². The molecule has 0 saturated heterocycles.